The summed E-state index contributed by atoms with van der Waals surface area (Å²) in [7, 11) is 0. The summed E-state index contributed by atoms with van der Waals surface area (Å²) < 4.78 is 4.99. The first-order valence-corrected chi connectivity index (χ1v) is 6.35. The predicted molar refractivity (Wildman–Crippen MR) is 68.4 cm³/mol. The summed E-state index contributed by atoms with van der Waals surface area (Å²) >= 11 is 0. The Bertz CT molecular complexity index is 529. The first kappa shape index (κ1) is 14.1. The number of carboxylic acid groups (broad SMARTS) is 1. The molecule has 7 nitrogen and oxygen atoms in total. The van der Waals surface area contributed by atoms with E-state index in [9.17, 15) is 14.4 Å². The number of furan rings is 1. The number of piperidine rings is 1. The number of carbonyl (C=O) groups is 3. The van der Waals surface area contributed by atoms with E-state index in [1.807, 2.05) is 0 Å². The SMILES string of the molecule is CC(=O)NC1CCN(C(=O)c2cc(C(=O)O)co2)CC1. The molecular weight excluding hydrogens is 264 g/mol. The molecule has 0 radical (unpaired) electrons. The van der Waals surface area contributed by atoms with Crippen molar-refractivity contribution >= 4 is 17.8 Å². The molecule has 2 amide bonds. The molecule has 7 heteroatoms. The largest absolute Gasteiger partial charge is 0.478 e. The van der Waals surface area contributed by atoms with Crippen molar-refractivity contribution in [3.63, 3.8) is 0 Å². The molecule has 1 fully saturated rings. The van der Waals surface area contributed by atoms with Crippen LogP contribution in [0.15, 0.2) is 16.7 Å². The molecule has 0 atom stereocenters. The number of nitrogens with one attached hydrogen (secondary N) is 1. The molecular formula is C13H16N2O5. The van der Waals surface area contributed by atoms with E-state index < -0.39 is 5.97 Å². The van der Waals surface area contributed by atoms with E-state index >= 15 is 0 Å². The number of aromatic carboxylic acids is 1. The fourth-order valence-corrected chi connectivity index (χ4v) is 2.23. The van der Waals surface area contributed by atoms with Crippen LogP contribution in [0.5, 0.6) is 0 Å². The highest BCUT2D eigenvalue weighted by molar-refractivity contribution is 5.95. The van der Waals surface area contributed by atoms with Gasteiger partial charge in [0.2, 0.25) is 5.91 Å². The third kappa shape index (κ3) is 3.17. The second kappa shape index (κ2) is 5.77. The number of likely N-dealkylation sites (tertiary alicyclic amines) is 1. The Morgan fingerprint density at radius 3 is 2.50 bits per heavy atom. The molecule has 2 rings (SSSR count). The quantitative estimate of drug-likeness (QED) is 0.849. The summed E-state index contributed by atoms with van der Waals surface area (Å²) in [5, 5.41) is 11.6. The summed E-state index contributed by atoms with van der Waals surface area (Å²) in [4.78, 5) is 35.4. The second-order valence-corrected chi connectivity index (χ2v) is 4.77. The van der Waals surface area contributed by atoms with Crippen LogP contribution in [-0.2, 0) is 4.79 Å². The van der Waals surface area contributed by atoms with Crippen LogP contribution in [0.3, 0.4) is 0 Å². The van der Waals surface area contributed by atoms with E-state index in [1.54, 1.807) is 4.90 Å². The number of carbonyl (C=O) groups excluding carboxylic acids is 2. The van der Waals surface area contributed by atoms with Crippen LogP contribution in [0.2, 0.25) is 0 Å². The number of carboxylic acids is 1. The van der Waals surface area contributed by atoms with Crippen LogP contribution in [0.4, 0.5) is 0 Å². The molecule has 20 heavy (non-hydrogen) atoms. The predicted octanol–water partition coefficient (Wildman–Crippen LogP) is 0.718. The van der Waals surface area contributed by atoms with Crippen molar-refractivity contribution in [3.05, 3.63) is 23.7 Å². The maximum absolute atomic E-state index is 12.1. The molecule has 108 valence electrons. The standard InChI is InChI=1S/C13H16N2O5/c1-8(16)14-10-2-4-15(5-3-10)12(17)11-6-9(7-20-11)13(18)19/h6-7,10H,2-5H2,1H3,(H,14,16)(H,18,19). The molecule has 1 aliphatic heterocycles. The molecule has 1 aromatic heterocycles. The topological polar surface area (TPSA) is 99.9 Å². The van der Waals surface area contributed by atoms with Crippen molar-refractivity contribution in [2.24, 2.45) is 0 Å². The Balaban J connectivity index is 1.94. The van der Waals surface area contributed by atoms with E-state index in [-0.39, 0.29) is 29.2 Å². The highest BCUT2D eigenvalue weighted by atomic mass is 16.4. The van der Waals surface area contributed by atoms with Gasteiger partial charge in [-0.2, -0.15) is 0 Å². The number of hydrogen-bond donors (Lipinski definition) is 2. The summed E-state index contributed by atoms with van der Waals surface area (Å²) in [5.41, 5.74) is -0.0403. The van der Waals surface area contributed by atoms with Crippen molar-refractivity contribution in [2.75, 3.05) is 13.1 Å². The van der Waals surface area contributed by atoms with Crippen molar-refractivity contribution in [2.45, 2.75) is 25.8 Å². The van der Waals surface area contributed by atoms with Gasteiger partial charge in [0.05, 0.1) is 5.56 Å². The number of nitrogens with zero attached hydrogens (tertiary/aromatic N) is 1. The van der Waals surface area contributed by atoms with Gasteiger partial charge in [-0.15, -0.1) is 0 Å². The van der Waals surface area contributed by atoms with Crippen LogP contribution in [0.1, 0.15) is 40.7 Å². The van der Waals surface area contributed by atoms with Gasteiger partial charge in [0.15, 0.2) is 5.76 Å². The van der Waals surface area contributed by atoms with E-state index in [0.717, 1.165) is 6.26 Å². The monoisotopic (exact) mass is 280 g/mol. The summed E-state index contributed by atoms with van der Waals surface area (Å²) in [6, 6.07) is 1.31. The molecule has 2 N–H and O–H groups in total. The highest BCUT2D eigenvalue weighted by Gasteiger charge is 2.26. The van der Waals surface area contributed by atoms with Gasteiger partial charge in [0, 0.05) is 32.1 Å². The fourth-order valence-electron chi connectivity index (χ4n) is 2.23. The van der Waals surface area contributed by atoms with Crippen LogP contribution in [0.25, 0.3) is 0 Å². The first-order valence-electron chi connectivity index (χ1n) is 6.35. The van der Waals surface area contributed by atoms with Crippen molar-refractivity contribution < 1.29 is 23.9 Å². The number of rotatable bonds is 3. The van der Waals surface area contributed by atoms with Gasteiger partial charge in [0.1, 0.15) is 6.26 Å². The Morgan fingerprint density at radius 2 is 2.00 bits per heavy atom. The zero-order valence-corrected chi connectivity index (χ0v) is 11.1. The fraction of sp³-hybridized carbons (Fsp3) is 0.462. The molecule has 0 saturated carbocycles. The smallest absolute Gasteiger partial charge is 0.338 e. The molecule has 0 bridgehead atoms. The van der Waals surface area contributed by atoms with Gasteiger partial charge >= 0.3 is 5.97 Å². The van der Waals surface area contributed by atoms with Crippen LogP contribution >= 0.6 is 0 Å². The molecule has 0 aliphatic carbocycles. The minimum absolute atomic E-state index is 0.0281. The molecule has 0 unspecified atom stereocenters. The average Bonchev–Trinajstić information content (AvgIpc) is 2.88. The minimum atomic E-state index is -1.13. The van der Waals surface area contributed by atoms with Crippen molar-refractivity contribution in [1.82, 2.24) is 10.2 Å². The molecule has 0 aromatic carbocycles. The Labute approximate surface area is 115 Å². The normalized spacial score (nSPS) is 15.9. The van der Waals surface area contributed by atoms with E-state index in [4.69, 9.17) is 9.52 Å². The van der Waals surface area contributed by atoms with Gasteiger partial charge in [-0.3, -0.25) is 9.59 Å². The maximum atomic E-state index is 12.1. The molecule has 1 aliphatic rings. The highest BCUT2D eigenvalue weighted by Crippen LogP contribution is 2.16. The minimum Gasteiger partial charge on any atom is -0.478 e. The zero-order valence-electron chi connectivity index (χ0n) is 11.1. The maximum Gasteiger partial charge on any atom is 0.338 e. The Morgan fingerprint density at radius 1 is 1.35 bits per heavy atom. The lowest BCUT2D eigenvalue weighted by atomic mass is 10.0. The summed E-state index contributed by atoms with van der Waals surface area (Å²) in [6.45, 7) is 2.48. The lowest BCUT2D eigenvalue weighted by Crippen LogP contribution is -2.46. The molecule has 2 heterocycles. The summed E-state index contributed by atoms with van der Waals surface area (Å²) in [6.07, 6.45) is 2.41. The lowest BCUT2D eigenvalue weighted by molar-refractivity contribution is -0.119. The third-order valence-corrected chi connectivity index (χ3v) is 3.25. The van der Waals surface area contributed by atoms with E-state index in [0.29, 0.717) is 25.9 Å². The van der Waals surface area contributed by atoms with Gasteiger partial charge in [-0.05, 0) is 12.8 Å². The first-order chi connectivity index (χ1) is 9.47. The van der Waals surface area contributed by atoms with Gasteiger partial charge in [0.25, 0.3) is 5.91 Å². The average molecular weight is 280 g/mol. The molecule has 1 aromatic rings. The van der Waals surface area contributed by atoms with Crippen molar-refractivity contribution in [3.8, 4) is 0 Å². The zero-order chi connectivity index (χ0) is 14.7. The van der Waals surface area contributed by atoms with E-state index in [2.05, 4.69) is 5.32 Å². The van der Waals surface area contributed by atoms with Crippen LogP contribution in [-0.4, -0.2) is 46.9 Å². The van der Waals surface area contributed by atoms with Crippen molar-refractivity contribution in [1.29, 1.82) is 0 Å². The van der Waals surface area contributed by atoms with Gasteiger partial charge < -0.3 is 19.7 Å². The molecule has 1 saturated heterocycles. The number of hydrogen-bond acceptors (Lipinski definition) is 4. The Hall–Kier alpha value is -2.31. The number of amides is 2. The van der Waals surface area contributed by atoms with E-state index in [1.165, 1.54) is 13.0 Å². The van der Waals surface area contributed by atoms with Gasteiger partial charge in [-0.25, -0.2) is 4.79 Å². The summed E-state index contributed by atoms with van der Waals surface area (Å²) in [5.74, 6) is -1.50. The second-order valence-electron chi connectivity index (χ2n) is 4.77. The lowest BCUT2D eigenvalue weighted by Gasteiger charge is -2.31. The Kier molecular flexibility index (Phi) is 4.07. The van der Waals surface area contributed by atoms with Gasteiger partial charge in [-0.1, -0.05) is 0 Å². The van der Waals surface area contributed by atoms with Crippen LogP contribution in [0, 0.1) is 0 Å². The van der Waals surface area contributed by atoms with Crippen LogP contribution < -0.4 is 5.32 Å². The third-order valence-electron chi connectivity index (χ3n) is 3.25. The molecule has 0 spiro atoms.